The lowest BCUT2D eigenvalue weighted by molar-refractivity contribution is -0.116. The van der Waals surface area contributed by atoms with Crippen molar-refractivity contribution in [2.45, 2.75) is 6.92 Å². The average Bonchev–Trinajstić information content (AvgIpc) is 2.58. The number of aromatic nitrogens is 1. The van der Waals surface area contributed by atoms with Crippen LogP contribution in [0.25, 0.3) is 0 Å². The zero-order valence-corrected chi connectivity index (χ0v) is 14.5. The van der Waals surface area contributed by atoms with E-state index in [4.69, 9.17) is 23.2 Å². The summed E-state index contributed by atoms with van der Waals surface area (Å²) in [5, 5.41) is 2.27. The van der Waals surface area contributed by atoms with Crippen molar-refractivity contribution < 1.29 is 18.4 Å². The molecule has 0 radical (unpaired) electrons. The Labute approximate surface area is 152 Å². The van der Waals surface area contributed by atoms with Crippen LogP contribution in [0.3, 0.4) is 0 Å². The molecule has 1 aromatic heterocycles. The van der Waals surface area contributed by atoms with Crippen molar-refractivity contribution in [1.29, 1.82) is 0 Å². The Morgan fingerprint density at radius 3 is 2.44 bits per heavy atom. The summed E-state index contributed by atoms with van der Waals surface area (Å²) in [4.78, 5) is 29.4. The molecule has 1 heterocycles. The van der Waals surface area contributed by atoms with Crippen molar-refractivity contribution in [2.75, 3.05) is 18.4 Å². The number of carbonyl (C=O) groups is 2. The molecule has 0 saturated heterocycles. The highest BCUT2D eigenvalue weighted by molar-refractivity contribution is 6.41. The van der Waals surface area contributed by atoms with E-state index in [0.29, 0.717) is 0 Å². The van der Waals surface area contributed by atoms with Crippen LogP contribution in [0.5, 0.6) is 0 Å². The van der Waals surface area contributed by atoms with Crippen LogP contribution < -0.4 is 5.32 Å². The second-order valence-corrected chi connectivity index (χ2v) is 5.73. The van der Waals surface area contributed by atoms with E-state index in [9.17, 15) is 18.4 Å². The van der Waals surface area contributed by atoms with Gasteiger partial charge in [0.05, 0.1) is 10.6 Å². The molecule has 0 unspecified atom stereocenters. The molecule has 2 rings (SSSR count). The van der Waals surface area contributed by atoms with Crippen LogP contribution in [0.1, 0.15) is 17.3 Å². The summed E-state index contributed by atoms with van der Waals surface area (Å²) in [5.41, 5.74) is -0.423. The van der Waals surface area contributed by atoms with Crippen molar-refractivity contribution in [3.63, 3.8) is 0 Å². The van der Waals surface area contributed by atoms with E-state index in [1.54, 1.807) is 6.92 Å². The van der Waals surface area contributed by atoms with Gasteiger partial charge in [-0.25, -0.2) is 13.8 Å². The van der Waals surface area contributed by atoms with Crippen LogP contribution in [0.4, 0.5) is 14.5 Å². The maximum Gasteiger partial charge on any atom is 0.255 e. The molecule has 5 nitrogen and oxygen atoms in total. The van der Waals surface area contributed by atoms with Gasteiger partial charge >= 0.3 is 0 Å². The van der Waals surface area contributed by atoms with Gasteiger partial charge in [0.2, 0.25) is 5.91 Å². The van der Waals surface area contributed by atoms with Crippen LogP contribution in [0, 0.1) is 11.6 Å². The number of likely N-dealkylation sites (N-methyl/N-ethyl adjacent to an activating group) is 1. The quantitative estimate of drug-likeness (QED) is 0.794. The standard InChI is InChI=1S/C16H13Cl2F2N3O2/c1-2-23(16(25)9-6-10(17)15(18)21-7-9)8-13(24)22-14-11(19)4-3-5-12(14)20/h3-7H,2,8H2,1H3,(H,22,24). The van der Waals surface area contributed by atoms with Crippen LogP contribution >= 0.6 is 23.2 Å². The molecular formula is C16H13Cl2F2N3O2. The van der Waals surface area contributed by atoms with E-state index in [2.05, 4.69) is 10.3 Å². The smallest absolute Gasteiger partial charge is 0.255 e. The average molecular weight is 388 g/mol. The zero-order chi connectivity index (χ0) is 18.6. The molecular weight excluding hydrogens is 375 g/mol. The normalized spacial score (nSPS) is 10.4. The molecule has 132 valence electrons. The number of benzene rings is 1. The number of nitrogens with one attached hydrogen (secondary N) is 1. The van der Waals surface area contributed by atoms with Crippen LogP contribution in [0.2, 0.25) is 10.2 Å². The van der Waals surface area contributed by atoms with E-state index in [1.807, 2.05) is 0 Å². The minimum atomic E-state index is -0.906. The molecule has 0 saturated carbocycles. The van der Waals surface area contributed by atoms with E-state index in [1.165, 1.54) is 23.2 Å². The number of nitrogens with zero attached hydrogens (tertiary/aromatic N) is 2. The van der Waals surface area contributed by atoms with E-state index in [0.717, 1.165) is 12.1 Å². The lowest BCUT2D eigenvalue weighted by Crippen LogP contribution is -2.38. The highest BCUT2D eigenvalue weighted by Gasteiger charge is 2.20. The first kappa shape index (κ1) is 19.1. The van der Waals surface area contributed by atoms with Gasteiger partial charge in [0.1, 0.15) is 29.0 Å². The number of hydrogen-bond donors (Lipinski definition) is 1. The first-order valence-corrected chi connectivity index (χ1v) is 7.93. The Balaban J connectivity index is 2.11. The number of pyridine rings is 1. The van der Waals surface area contributed by atoms with Gasteiger partial charge in [-0.1, -0.05) is 29.3 Å². The molecule has 0 aliphatic carbocycles. The summed E-state index contributed by atoms with van der Waals surface area (Å²) in [6.45, 7) is 1.44. The Bertz CT molecular complexity index is 798. The third kappa shape index (κ3) is 4.64. The number of halogens is 4. The zero-order valence-electron chi connectivity index (χ0n) is 13.0. The second-order valence-electron chi connectivity index (χ2n) is 4.96. The van der Waals surface area contributed by atoms with Gasteiger partial charge < -0.3 is 10.2 Å². The summed E-state index contributed by atoms with van der Waals surface area (Å²) in [7, 11) is 0. The van der Waals surface area contributed by atoms with Gasteiger partial charge in [-0.3, -0.25) is 9.59 Å². The molecule has 0 bridgehead atoms. The Morgan fingerprint density at radius 2 is 1.88 bits per heavy atom. The summed E-state index contributed by atoms with van der Waals surface area (Å²) < 4.78 is 27.1. The number of para-hydroxylation sites is 1. The summed E-state index contributed by atoms with van der Waals surface area (Å²) in [5.74, 6) is -3.07. The van der Waals surface area contributed by atoms with Gasteiger partial charge in [-0.2, -0.15) is 0 Å². The second kappa shape index (κ2) is 8.22. The van der Waals surface area contributed by atoms with Gasteiger partial charge in [-0.05, 0) is 25.1 Å². The van der Waals surface area contributed by atoms with Gasteiger partial charge in [0, 0.05) is 12.7 Å². The fraction of sp³-hybridized carbons (Fsp3) is 0.188. The molecule has 2 amide bonds. The van der Waals surface area contributed by atoms with Gasteiger partial charge in [0.25, 0.3) is 5.91 Å². The predicted octanol–water partition coefficient (Wildman–Crippen LogP) is 3.77. The first-order valence-electron chi connectivity index (χ1n) is 7.17. The topological polar surface area (TPSA) is 62.3 Å². The largest absolute Gasteiger partial charge is 0.330 e. The first-order chi connectivity index (χ1) is 11.8. The number of amides is 2. The van der Waals surface area contributed by atoms with Crippen molar-refractivity contribution in [3.05, 3.63) is 57.8 Å². The molecule has 0 fully saturated rings. The fourth-order valence-electron chi connectivity index (χ4n) is 2.02. The third-order valence-corrected chi connectivity index (χ3v) is 3.96. The van der Waals surface area contributed by atoms with E-state index in [-0.39, 0.29) is 22.3 Å². The highest BCUT2D eigenvalue weighted by atomic mass is 35.5. The lowest BCUT2D eigenvalue weighted by atomic mass is 10.2. The highest BCUT2D eigenvalue weighted by Crippen LogP contribution is 2.21. The maximum atomic E-state index is 13.6. The molecule has 25 heavy (non-hydrogen) atoms. The number of anilines is 1. The maximum absolute atomic E-state index is 13.6. The fourth-order valence-corrected chi connectivity index (χ4v) is 2.29. The SMILES string of the molecule is CCN(CC(=O)Nc1c(F)cccc1F)C(=O)c1cnc(Cl)c(Cl)c1. The Kier molecular flexibility index (Phi) is 6.27. The third-order valence-electron chi connectivity index (χ3n) is 3.27. The van der Waals surface area contributed by atoms with Crippen molar-refractivity contribution in [2.24, 2.45) is 0 Å². The predicted molar refractivity (Wildman–Crippen MR) is 90.8 cm³/mol. The number of carbonyl (C=O) groups excluding carboxylic acids is 2. The molecule has 0 spiro atoms. The molecule has 9 heteroatoms. The molecule has 0 aliphatic rings. The lowest BCUT2D eigenvalue weighted by Gasteiger charge is -2.20. The minimum Gasteiger partial charge on any atom is -0.330 e. The summed E-state index contributed by atoms with van der Waals surface area (Å²) in [6.07, 6.45) is 1.23. The Morgan fingerprint density at radius 1 is 1.24 bits per heavy atom. The van der Waals surface area contributed by atoms with Gasteiger partial charge in [0.15, 0.2) is 0 Å². The summed E-state index contributed by atoms with van der Waals surface area (Å²) >= 11 is 11.5. The number of rotatable bonds is 5. The Hall–Kier alpha value is -2.25. The molecule has 2 aromatic rings. The monoisotopic (exact) mass is 387 g/mol. The van der Waals surface area contributed by atoms with Crippen molar-refractivity contribution >= 4 is 40.7 Å². The van der Waals surface area contributed by atoms with Gasteiger partial charge in [-0.15, -0.1) is 0 Å². The van der Waals surface area contributed by atoms with E-state index >= 15 is 0 Å². The minimum absolute atomic E-state index is 0.0500. The van der Waals surface area contributed by atoms with Crippen LogP contribution in [-0.2, 0) is 4.79 Å². The summed E-state index contributed by atoms with van der Waals surface area (Å²) in [6, 6.07) is 4.54. The van der Waals surface area contributed by atoms with E-state index < -0.39 is 35.7 Å². The van der Waals surface area contributed by atoms with Crippen molar-refractivity contribution in [3.8, 4) is 0 Å². The number of hydrogen-bond acceptors (Lipinski definition) is 3. The van der Waals surface area contributed by atoms with Crippen LogP contribution in [0.15, 0.2) is 30.5 Å². The molecule has 0 aliphatic heterocycles. The molecule has 1 N–H and O–H groups in total. The molecule has 1 aromatic carbocycles. The van der Waals surface area contributed by atoms with Crippen LogP contribution in [-0.4, -0.2) is 34.8 Å². The van der Waals surface area contributed by atoms with Crippen molar-refractivity contribution in [1.82, 2.24) is 9.88 Å². The molecule has 0 atom stereocenters.